The molecule has 3 aromatic carbocycles. The lowest BCUT2D eigenvalue weighted by Gasteiger charge is -2.07. The number of benzene rings is 3. The summed E-state index contributed by atoms with van der Waals surface area (Å²) >= 11 is 3.25. The van der Waals surface area contributed by atoms with Crippen molar-refractivity contribution in [1.29, 1.82) is 0 Å². The summed E-state index contributed by atoms with van der Waals surface area (Å²) in [4.78, 5) is 32.1. The minimum Gasteiger partial charge on any atom is -0.318 e. The Balaban J connectivity index is 1.67. The SMILES string of the molecule is CC(=O)O/N=C(\CCSc1ccccc1)C(=O)c1ccc(Sc2ccccc2)cc1. The number of nitrogens with zero attached hydrogens (tertiary/aromatic N) is 1. The molecule has 0 saturated carbocycles. The predicted molar refractivity (Wildman–Crippen MR) is 122 cm³/mol. The number of carbonyl (C=O) groups is 2. The van der Waals surface area contributed by atoms with Crippen LogP contribution >= 0.6 is 23.5 Å². The van der Waals surface area contributed by atoms with Gasteiger partial charge in [0.25, 0.3) is 0 Å². The topological polar surface area (TPSA) is 55.7 Å². The third-order valence-electron chi connectivity index (χ3n) is 3.99. The fourth-order valence-electron chi connectivity index (χ4n) is 2.57. The Morgan fingerprint density at radius 3 is 1.97 bits per heavy atom. The average Bonchev–Trinajstić information content (AvgIpc) is 2.77. The smallest absolute Gasteiger partial charge is 0.318 e. The second-order valence-electron chi connectivity index (χ2n) is 6.30. The van der Waals surface area contributed by atoms with Crippen LogP contribution in [0.2, 0.25) is 0 Å². The summed E-state index contributed by atoms with van der Waals surface area (Å²) in [5, 5.41) is 3.82. The van der Waals surface area contributed by atoms with Gasteiger partial charge < -0.3 is 4.84 Å². The predicted octanol–water partition coefficient (Wildman–Crippen LogP) is 6.12. The van der Waals surface area contributed by atoms with E-state index in [-0.39, 0.29) is 11.5 Å². The molecular formula is C24H21NO3S2. The molecule has 3 rings (SSSR count). The normalized spacial score (nSPS) is 11.2. The van der Waals surface area contributed by atoms with Crippen LogP contribution in [-0.2, 0) is 9.63 Å². The van der Waals surface area contributed by atoms with Gasteiger partial charge in [0, 0.05) is 39.3 Å². The first-order chi connectivity index (χ1) is 14.6. The van der Waals surface area contributed by atoms with E-state index in [1.165, 1.54) is 6.92 Å². The maximum Gasteiger partial charge on any atom is 0.331 e. The quantitative estimate of drug-likeness (QED) is 0.133. The van der Waals surface area contributed by atoms with Gasteiger partial charge in [0.1, 0.15) is 5.71 Å². The van der Waals surface area contributed by atoms with Crippen LogP contribution in [0.15, 0.2) is 105 Å². The number of ketones is 1. The Hall–Kier alpha value is -2.83. The van der Waals surface area contributed by atoms with Crippen LogP contribution in [-0.4, -0.2) is 23.2 Å². The molecule has 0 aliphatic rings. The average molecular weight is 436 g/mol. The maximum absolute atomic E-state index is 12.9. The van der Waals surface area contributed by atoms with Crippen molar-refractivity contribution in [1.82, 2.24) is 0 Å². The number of hydrogen-bond donors (Lipinski definition) is 0. The first-order valence-corrected chi connectivity index (χ1v) is 11.2. The van der Waals surface area contributed by atoms with Crippen molar-refractivity contribution in [3.63, 3.8) is 0 Å². The molecule has 4 nitrogen and oxygen atoms in total. The first kappa shape index (κ1) is 21.9. The Bertz CT molecular complexity index is 1000. The van der Waals surface area contributed by atoms with Crippen molar-refractivity contribution in [3.05, 3.63) is 90.5 Å². The third-order valence-corrected chi connectivity index (χ3v) is 6.02. The molecule has 0 heterocycles. The van der Waals surface area contributed by atoms with Crippen LogP contribution in [0.3, 0.4) is 0 Å². The van der Waals surface area contributed by atoms with Crippen LogP contribution in [0.4, 0.5) is 0 Å². The van der Waals surface area contributed by atoms with Gasteiger partial charge in [0.15, 0.2) is 0 Å². The molecular weight excluding hydrogens is 414 g/mol. The van der Waals surface area contributed by atoms with E-state index < -0.39 is 5.97 Å². The standard InChI is InChI=1S/C24H21NO3S2/c1-18(26)28-25-23(16-17-29-20-8-4-2-5-9-20)24(27)19-12-14-22(15-13-19)30-21-10-6-3-7-11-21/h2-15H,16-17H2,1H3/b25-23+. The molecule has 0 amide bonds. The second-order valence-corrected chi connectivity index (χ2v) is 8.62. The highest BCUT2D eigenvalue weighted by Crippen LogP contribution is 2.27. The molecule has 0 aromatic heterocycles. The Kier molecular flexibility index (Phi) is 8.30. The highest BCUT2D eigenvalue weighted by Gasteiger charge is 2.16. The van der Waals surface area contributed by atoms with Crippen LogP contribution in [0, 0.1) is 0 Å². The summed E-state index contributed by atoms with van der Waals surface area (Å²) in [5.41, 5.74) is 0.750. The van der Waals surface area contributed by atoms with Gasteiger partial charge in [-0.2, -0.15) is 0 Å². The van der Waals surface area contributed by atoms with E-state index in [1.54, 1.807) is 35.7 Å². The van der Waals surface area contributed by atoms with Crippen LogP contribution in [0.1, 0.15) is 23.7 Å². The number of thioether (sulfide) groups is 1. The molecule has 0 unspecified atom stereocenters. The Morgan fingerprint density at radius 2 is 1.37 bits per heavy atom. The third kappa shape index (κ3) is 6.90. The van der Waals surface area contributed by atoms with Gasteiger partial charge in [-0.15, -0.1) is 11.8 Å². The monoisotopic (exact) mass is 435 g/mol. The van der Waals surface area contributed by atoms with Crippen LogP contribution in [0.5, 0.6) is 0 Å². The number of rotatable bonds is 9. The van der Waals surface area contributed by atoms with Crippen LogP contribution in [0.25, 0.3) is 0 Å². The van der Waals surface area contributed by atoms with Gasteiger partial charge in [0.05, 0.1) is 0 Å². The fraction of sp³-hybridized carbons (Fsp3) is 0.125. The number of Topliss-reactive ketones (excluding diaryl/α,β-unsaturated/α-hetero) is 1. The maximum atomic E-state index is 12.9. The zero-order valence-electron chi connectivity index (χ0n) is 16.5. The molecule has 0 fully saturated rings. The zero-order chi connectivity index (χ0) is 21.2. The Morgan fingerprint density at radius 1 is 0.800 bits per heavy atom. The van der Waals surface area contributed by atoms with Gasteiger partial charge in [0.2, 0.25) is 5.78 Å². The van der Waals surface area contributed by atoms with Crippen LogP contribution < -0.4 is 0 Å². The number of hydrogen-bond acceptors (Lipinski definition) is 6. The van der Waals surface area contributed by atoms with Crippen molar-refractivity contribution in [2.24, 2.45) is 5.16 Å². The van der Waals surface area contributed by atoms with Crippen molar-refractivity contribution >= 4 is 41.0 Å². The largest absolute Gasteiger partial charge is 0.331 e. The summed E-state index contributed by atoms with van der Waals surface area (Å²) in [6.45, 7) is 1.26. The lowest BCUT2D eigenvalue weighted by molar-refractivity contribution is -0.140. The molecule has 0 saturated heterocycles. The van der Waals surface area contributed by atoms with Crippen molar-refractivity contribution in [2.75, 3.05) is 5.75 Å². The molecule has 152 valence electrons. The molecule has 0 aliphatic carbocycles. The highest BCUT2D eigenvalue weighted by molar-refractivity contribution is 7.99. The highest BCUT2D eigenvalue weighted by atomic mass is 32.2. The molecule has 30 heavy (non-hydrogen) atoms. The van der Waals surface area contributed by atoms with E-state index in [0.29, 0.717) is 17.7 Å². The van der Waals surface area contributed by atoms with Gasteiger partial charge in [-0.25, -0.2) is 4.79 Å². The van der Waals surface area contributed by atoms with E-state index in [1.807, 2.05) is 72.8 Å². The van der Waals surface area contributed by atoms with E-state index in [9.17, 15) is 9.59 Å². The van der Waals surface area contributed by atoms with Gasteiger partial charge in [-0.05, 0) is 48.5 Å². The fourth-order valence-corrected chi connectivity index (χ4v) is 4.29. The Labute approximate surface area is 184 Å². The summed E-state index contributed by atoms with van der Waals surface area (Å²) in [6.07, 6.45) is 0.395. The van der Waals surface area contributed by atoms with E-state index in [4.69, 9.17) is 4.84 Å². The zero-order valence-corrected chi connectivity index (χ0v) is 18.1. The van der Waals surface area contributed by atoms with Crippen molar-refractivity contribution in [3.8, 4) is 0 Å². The summed E-state index contributed by atoms with van der Waals surface area (Å²) in [6, 6.07) is 27.3. The van der Waals surface area contributed by atoms with E-state index in [0.717, 1.165) is 14.7 Å². The molecule has 0 aliphatic heterocycles. The summed E-state index contributed by atoms with van der Waals surface area (Å²) in [7, 11) is 0. The number of carbonyl (C=O) groups excluding carboxylic acids is 2. The van der Waals surface area contributed by atoms with E-state index >= 15 is 0 Å². The second kappa shape index (κ2) is 11.4. The lowest BCUT2D eigenvalue weighted by atomic mass is 10.1. The van der Waals surface area contributed by atoms with Crippen molar-refractivity contribution < 1.29 is 14.4 Å². The molecule has 3 aromatic rings. The van der Waals surface area contributed by atoms with Gasteiger partial charge in [-0.3, -0.25) is 4.79 Å². The molecule has 0 bridgehead atoms. The first-order valence-electron chi connectivity index (χ1n) is 9.42. The molecule has 0 radical (unpaired) electrons. The number of oxime groups is 1. The summed E-state index contributed by atoms with van der Waals surface area (Å²) < 4.78 is 0. The van der Waals surface area contributed by atoms with Gasteiger partial charge in [-0.1, -0.05) is 53.3 Å². The molecule has 6 heteroatoms. The molecule has 0 N–H and O–H groups in total. The molecule has 0 spiro atoms. The van der Waals surface area contributed by atoms with Gasteiger partial charge >= 0.3 is 5.97 Å². The van der Waals surface area contributed by atoms with E-state index in [2.05, 4.69) is 5.16 Å². The molecule has 0 atom stereocenters. The van der Waals surface area contributed by atoms with Crippen molar-refractivity contribution in [2.45, 2.75) is 28.0 Å². The summed E-state index contributed by atoms with van der Waals surface area (Å²) in [5.74, 6) is -0.135. The minimum absolute atomic E-state index is 0.233. The minimum atomic E-state index is -0.550. The lowest BCUT2D eigenvalue weighted by Crippen LogP contribution is -2.16.